The number of halogens is 2. The first kappa shape index (κ1) is 18.7. The Balaban J connectivity index is 1.43. The first-order chi connectivity index (χ1) is 13.5. The molecule has 142 valence electrons. The number of carbonyl (C=O) groups is 1. The standard InChI is InChI=1S/C18H13Cl2N5O2S/c1-9(10-2-5-15-11(6-10)8-21-23-15)27-18(26)22-17-25-24-16(28-17)13-4-3-12(19)7-14(13)20/h2-9H,1H3,(H,21,23)(H,22,25,26). The van der Waals surface area contributed by atoms with Gasteiger partial charge in [0, 0.05) is 16.0 Å². The average Bonchev–Trinajstić information content (AvgIpc) is 3.30. The molecule has 2 N–H and O–H groups in total. The van der Waals surface area contributed by atoms with Gasteiger partial charge in [0.1, 0.15) is 6.10 Å². The molecule has 0 radical (unpaired) electrons. The van der Waals surface area contributed by atoms with Crippen molar-refractivity contribution in [2.45, 2.75) is 13.0 Å². The molecule has 0 aliphatic carbocycles. The fraction of sp³-hybridized carbons (Fsp3) is 0.111. The molecule has 2 heterocycles. The van der Waals surface area contributed by atoms with Crippen LogP contribution in [0.3, 0.4) is 0 Å². The van der Waals surface area contributed by atoms with E-state index in [2.05, 4.69) is 25.7 Å². The minimum atomic E-state index is -0.621. The Morgan fingerprint density at radius 1 is 1.21 bits per heavy atom. The molecule has 0 bridgehead atoms. The summed E-state index contributed by atoms with van der Waals surface area (Å²) in [7, 11) is 0. The van der Waals surface area contributed by atoms with Crippen LogP contribution in [0.4, 0.5) is 9.93 Å². The summed E-state index contributed by atoms with van der Waals surface area (Å²) in [6, 6.07) is 10.8. The second-order valence-corrected chi connectivity index (χ2v) is 7.75. The topological polar surface area (TPSA) is 92.8 Å². The maximum Gasteiger partial charge on any atom is 0.414 e. The van der Waals surface area contributed by atoms with Gasteiger partial charge >= 0.3 is 6.09 Å². The summed E-state index contributed by atoms with van der Waals surface area (Å²) in [6.45, 7) is 1.79. The zero-order chi connectivity index (χ0) is 19.7. The van der Waals surface area contributed by atoms with Crippen LogP contribution in [0.2, 0.25) is 10.0 Å². The van der Waals surface area contributed by atoms with Gasteiger partial charge in [-0.15, -0.1) is 10.2 Å². The normalized spacial score (nSPS) is 12.1. The van der Waals surface area contributed by atoms with E-state index in [9.17, 15) is 4.79 Å². The maximum atomic E-state index is 12.2. The lowest BCUT2D eigenvalue weighted by Crippen LogP contribution is -2.15. The number of ether oxygens (including phenoxy) is 1. The third-order valence-corrected chi connectivity index (χ3v) is 5.43. The number of carbonyl (C=O) groups excluding carboxylic acids is 1. The number of benzene rings is 2. The van der Waals surface area contributed by atoms with Crippen molar-refractivity contribution in [3.8, 4) is 10.6 Å². The van der Waals surface area contributed by atoms with E-state index in [1.165, 1.54) is 11.3 Å². The smallest absolute Gasteiger partial charge is 0.414 e. The van der Waals surface area contributed by atoms with E-state index in [4.69, 9.17) is 27.9 Å². The van der Waals surface area contributed by atoms with Gasteiger partial charge in [-0.1, -0.05) is 40.6 Å². The summed E-state index contributed by atoms with van der Waals surface area (Å²) >= 11 is 13.3. The number of H-pyrrole nitrogens is 1. The monoisotopic (exact) mass is 433 g/mol. The predicted molar refractivity (Wildman–Crippen MR) is 110 cm³/mol. The molecular formula is C18H13Cl2N5O2S. The number of nitrogens with one attached hydrogen (secondary N) is 2. The van der Waals surface area contributed by atoms with Gasteiger partial charge in [0.15, 0.2) is 5.01 Å². The Morgan fingerprint density at radius 2 is 2.07 bits per heavy atom. The van der Waals surface area contributed by atoms with Gasteiger partial charge in [-0.2, -0.15) is 5.10 Å². The number of aromatic nitrogens is 4. The van der Waals surface area contributed by atoms with Crippen LogP contribution >= 0.6 is 34.5 Å². The van der Waals surface area contributed by atoms with Crippen molar-refractivity contribution in [1.29, 1.82) is 0 Å². The fourth-order valence-electron chi connectivity index (χ4n) is 2.60. The number of fused-ring (bicyclic) bond motifs is 1. The summed E-state index contributed by atoms with van der Waals surface area (Å²) in [5.41, 5.74) is 2.46. The van der Waals surface area contributed by atoms with Crippen LogP contribution in [-0.4, -0.2) is 26.5 Å². The average molecular weight is 434 g/mol. The van der Waals surface area contributed by atoms with E-state index in [1.807, 2.05) is 18.2 Å². The molecule has 7 nitrogen and oxygen atoms in total. The molecule has 0 saturated carbocycles. The predicted octanol–water partition coefficient (Wildman–Crippen LogP) is 5.70. The van der Waals surface area contributed by atoms with Gasteiger partial charge in [-0.3, -0.25) is 10.4 Å². The molecule has 10 heteroatoms. The molecule has 2 aromatic carbocycles. The van der Waals surface area contributed by atoms with E-state index in [-0.39, 0.29) is 0 Å². The molecule has 0 spiro atoms. The van der Waals surface area contributed by atoms with E-state index in [0.717, 1.165) is 16.5 Å². The molecule has 0 aliphatic heterocycles. The van der Waals surface area contributed by atoms with Gasteiger partial charge in [-0.25, -0.2) is 4.79 Å². The Bertz CT molecular complexity index is 1160. The number of aromatic amines is 1. The molecule has 1 amide bonds. The van der Waals surface area contributed by atoms with Crippen molar-refractivity contribution >= 4 is 56.7 Å². The SMILES string of the molecule is CC(OC(=O)Nc1nnc(-c2ccc(Cl)cc2Cl)s1)c1ccc2[nH]ncc2c1. The van der Waals surface area contributed by atoms with E-state index in [1.54, 1.807) is 31.3 Å². The maximum absolute atomic E-state index is 12.2. The highest BCUT2D eigenvalue weighted by Crippen LogP contribution is 2.33. The quantitative estimate of drug-likeness (QED) is 0.430. The van der Waals surface area contributed by atoms with Gasteiger partial charge in [0.2, 0.25) is 5.13 Å². The Labute approximate surface area is 173 Å². The summed E-state index contributed by atoms with van der Waals surface area (Å²) in [4.78, 5) is 12.2. The number of hydrogen-bond acceptors (Lipinski definition) is 6. The van der Waals surface area contributed by atoms with Crippen molar-refractivity contribution in [1.82, 2.24) is 20.4 Å². The first-order valence-electron chi connectivity index (χ1n) is 8.19. The Hall–Kier alpha value is -2.68. The molecule has 1 unspecified atom stereocenters. The number of anilines is 1. The molecule has 0 fully saturated rings. The molecule has 28 heavy (non-hydrogen) atoms. The van der Waals surface area contributed by atoms with Gasteiger partial charge < -0.3 is 4.74 Å². The Morgan fingerprint density at radius 3 is 2.89 bits per heavy atom. The molecular weight excluding hydrogens is 421 g/mol. The highest BCUT2D eigenvalue weighted by molar-refractivity contribution is 7.18. The first-order valence-corrected chi connectivity index (χ1v) is 9.76. The summed E-state index contributed by atoms with van der Waals surface area (Å²) in [6.07, 6.45) is 0.651. The molecule has 1 atom stereocenters. The number of amides is 1. The zero-order valence-corrected chi connectivity index (χ0v) is 16.8. The third kappa shape index (κ3) is 3.94. The number of nitrogens with zero attached hydrogens (tertiary/aromatic N) is 3. The van der Waals surface area contributed by atoms with Gasteiger partial charge in [-0.05, 0) is 42.8 Å². The van der Waals surface area contributed by atoms with Crippen molar-refractivity contribution < 1.29 is 9.53 Å². The van der Waals surface area contributed by atoms with Gasteiger partial charge in [0.25, 0.3) is 0 Å². The van der Waals surface area contributed by atoms with Crippen LogP contribution in [0.25, 0.3) is 21.5 Å². The van der Waals surface area contributed by atoms with Gasteiger partial charge in [0.05, 0.1) is 16.7 Å². The number of hydrogen-bond donors (Lipinski definition) is 2. The van der Waals surface area contributed by atoms with E-state index < -0.39 is 12.2 Å². The third-order valence-electron chi connectivity index (χ3n) is 4.01. The minimum absolute atomic E-state index is 0.309. The summed E-state index contributed by atoms with van der Waals surface area (Å²) in [5, 5.41) is 20.3. The Kier molecular flexibility index (Phi) is 5.17. The molecule has 2 aromatic heterocycles. The van der Waals surface area contributed by atoms with Crippen LogP contribution < -0.4 is 5.32 Å². The van der Waals surface area contributed by atoms with Crippen LogP contribution in [0, 0.1) is 0 Å². The highest BCUT2D eigenvalue weighted by Gasteiger charge is 2.16. The summed E-state index contributed by atoms with van der Waals surface area (Å²) in [5.74, 6) is 0. The summed E-state index contributed by atoms with van der Waals surface area (Å²) < 4.78 is 5.43. The lowest BCUT2D eigenvalue weighted by molar-refractivity contribution is 0.121. The largest absolute Gasteiger partial charge is 0.441 e. The van der Waals surface area contributed by atoms with Crippen molar-refractivity contribution in [3.63, 3.8) is 0 Å². The van der Waals surface area contributed by atoms with E-state index >= 15 is 0 Å². The van der Waals surface area contributed by atoms with Crippen LogP contribution in [0.1, 0.15) is 18.6 Å². The van der Waals surface area contributed by atoms with Crippen molar-refractivity contribution in [3.05, 3.63) is 58.2 Å². The van der Waals surface area contributed by atoms with Crippen molar-refractivity contribution in [2.75, 3.05) is 5.32 Å². The fourth-order valence-corrected chi connectivity index (χ4v) is 3.93. The number of rotatable bonds is 4. The van der Waals surface area contributed by atoms with Crippen LogP contribution in [0.15, 0.2) is 42.6 Å². The zero-order valence-electron chi connectivity index (χ0n) is 14.4. The second-order valence-electron chi connectivity index (χ2n) is 5.93. The van der Waals surface area contributed by atoms with Crippen molar-refractivity contribution in [2.24, 2.45) is 0 Å². The second kappa shape index (κ2) is 7.75. The lowest BCUT2D eigenvalue weighted by atomic mass is 10.1. The molecule has 4 aromatic rings. The molecule has 4 rings (SSSR count). The lowest BCUT2D eigenvalue weighted by Gasteiger charge is -2.13. The van der Waals surface area contributed by atoms with E-state index in [0.29, 0.717) is 25.7 Å². The molecule has 0 saturated heterocycles. The minimum Gasteiger partial charge on any atom is -0.441 e. The van der Waals surface area contributed by atoms with Crippen LogP contribution in [-0.2, 0) is 4.74 Å². The van der Waals surface area contributed by atoms with Crippen LogP contribution in [0.5, 0.6) is 0 Å². The molecule has 0 aliphatic rings. The highest BCUT2D eigenvalue weighted by atomic mass is 35.5.